The molecule has 0 spiro atoms. The van der Waals surface area contributed by atoms with Crippen molar-refractivity contribution in [3.8, 4) is 0 Å². The third-order valence-electron chi connectivity index (χ3n) is 3.74. The van der Waals surface area contributed by atoms with E-state index in [0.717, 1.165) is 37.0 Å². The Bertz CT molecular complexity index is 663. The van der Waals surface area contributed by atoms with Gasteiger partial charge in [0.1, 0.15) is 0 Å². The molecule has 7 heteroatoms. The molecule has 23 heavy (non-hydrogen) atoms. The number of benzene rings is 1. The first kappa shape index (κ1) is 17.0. The minimum atomic E-state index is -0.660. The summed E-state index contributed by atoms with van der Waals surface area (Å²) in [6.45, 7) is 7.58. The maximum atomic E-state index is 11.9. The van der Waals surface area contributed by atoms with Crippen molar-refractivity contribution in [3.05, 3.63) is 24.4 Å². The van der Waals surface area contributed by atoms with Crippen molar-refractivity contribution in [1.29, 1.82) is 0 Å². The van der Waals surface area contributed by atoms with E-state index in [4.69, 9.17) is 0 Å². The highest BCUT2D eigenvalue weighted by Gasteiger charge is 2.13. The maximum absolute atomic E-state index is 11.9. The smallest absolute Gasteiger partial charge is 0.313 e. The van der Waals surface area contributed by atoms with E-state index in [0.29, 0.717) is 12.2 Å². The molecular weight excluding hydrogens is 294 g/mol. The minimum Gasteiger partial charge on any atom is -0.348 e. The predicted molar refractivity (Wildman–Crippen MR) is 90.1 cm³/mol. The van der Waals surface area contributed by atoms with Gasteiger partial charge in [-0.15, -0.1) is 0 Å². The molecule has 1 aromatic heterocycles. The van der Waals surface area contributed by atoms with Gasteiger partial charge in [-0.1, -0.05) is 13.8 Å². The Morgan fingerprint density at radius 1 is 1.22 bits per heavy atom. The van der Waals surface area contributed by atoms with E-state index in [-0.39, 0.29) is 0 Å². The molecule has 0 aliphatic rings. The lowest BCUT2D eigenvalue weighted by atomic mass is 10.2. The summed E-state index contributed by atoms with van der Waals surface area (Å²) in [4.78, 5) is 25.9. The van der Waals surface area contributed by atoms with E-state index in [1.54, 1.807) is 18.3 Å². The Morgan fingerprint density at radius 2 is 2.00 bits per heavy atom. The fourth-order valence-electron chi connectivity index (χ4n) is 2.33. The number of anilines is 1. The van der Waals surface area contributed by atoms with Crippen molar-refractivity contribution >= 4 is 28.4 Å². The summed E-state index contributed by atoms with van der Waals surface area (Å²) in [5.74, 6) is -1.28. The molecule has 0 saturated carbocycles. The van der Waals surface area contributed by atoms with Gasteiger partial charge in [0, 0.05) is 17.6 Å². The van der Waals surface area contributed by atoms with Gasteiger partial charge in [-0.25, -0.2) is 0 Å². The Balaban J connectivity index is 1.77. The summed E-state index contributed by atoms with van der Waals surface area (Å²) in [6.07, 6.45) is 2.52. The lowest BCUT2D eigenvalue weighted by Crippen LogP contribution is -2.37. The Hall–Kier alpha value is -2.41. The molecule has 0 aliphatic heterocycles. The molecule has 3 N–H and O–H groups in total. The number of aromatic nitrogens is 2. The summed E-state index contributed by atoms with van der Waals surface area (Å²) in [7, 11) is 0. The summed E-state index contributed by atoms with van der Waals surface area (Å²) < 4.78 is 0. The van der Waals surface area contributed by atoms with Crippen LogP contribution in [-0.4, -0.2) is 53.1 Å². The zero-order chi connectivity index (χ0) is 16.7. The molecule has 0 bridgehead atoms. The van der Waals surface area contributed by atoms with Crippen molar-refractivity contribution in [2.75, 3.05) is 31.5 Å². The molecule has 0 saturated heterocycles. The summed E-state index contributed by atoms with van der Waals surface area (Å²) in [5.41, 5.74) is 1.37. The van der Waals surface area contributed by atoms with Crippen LogP contribution in [-0.2, 0) is 9.59 Å². The molecular formula is C16H23N5O2. The largest absolute Gasteiger partial charge is 0.348 e. The molecule has 0 unspecified atom stereocenters. The quantitative estimate of drug-likeness (QED) is 0.531. The fraction of sp³-hybridized carbons (Fsp3) is 0.438. The highest BCUT2D eigenvalue weighted by Crippen LogP contribution is 2.16. The molecule has 2 amide bonds. The predicted octanol–water partition coefficient (Wildman–Crippen LogP) is 1.35. The number of fused-ring (bicyclic) bond motifs is 1. The Labute approximate surface area is 135 Å². The van der Waals surface area contributed by atoms with Crippen molar-refractivity contribution in [2.45, 2.75) is 20.3 Å². The van der Waals surface area contributed by atoms with Gasteiger partial charge in [0.05, 0.1) is 11.7 Å². The molecule has 124 valence electrons. The number of nitrogens with zero attached hydrogens (tertiary/aromatic N) is 2. The maximum Gasteiger partial charge on any atom is 0.313 e. The first-order valence-electron chi connectivity index (χ1n) is 7.88. The standard InChI is InChI=1S/C16H23N5O2/c1-3-21(4-2)9-5-8-17-15(22)16(23)19-13-7-6-12-11-18-20-14(12)10-13/h6-7,10-11H,3-5,8-9H2,1-2H3,(H,17,22)(H,18,20)(H,19,23). The third-order valence-corrected chi connectivity index (χ3v) is 3.74. The van der Waals surface area contributed by atoms with Crippen LogP contribution in [0.15, 0.2) is 24.4 Å². The molecule has 2 rings (SSSR count). The van der Waals surface area contributed by atoms with Crippen LogP contribution in [0.3, 0.4) is 0 Å². The molecule has 1 aromatic carbocycles. The number of amides is 2. The molecule has 0 fully saturated rings. The molecule has 2 aromatic rings. The highest BCUT2D eigenvalue weighted by molar-refractivity contribution is 6.39. The van der Waals surface area contributed by atoms with Gasteiger partial charge >= 0.3 is 11.8 Å². The van der Waals surface area contributed by atoms with Crippen LogP contribution in [0, 0.1) is 0 Å². The van der Waals surface area contributed by atoms with Gasteiger partial charge in [-0.3, -0.25) is 14.7 Å². The molecule has 7 nitrogen and oxygen atoms in total. The number of aromatic amines is 1. The monoisotopic (exact) mass is 317 g/mol. The zero-order valence-electron chi connectivity index (χ0n) is 13.6. The van der Waals surface area contributed by atoms with Gasteiger partial charge in [0.25, 0.3) is 0 Å². The van der Waals surface area contributed by atoms with Crippen molar-refractivity contribution in [1.82, 2.24) is 20.4 Å². The van der Waals surface area contributed by atoms with E-state index >= 15 is 0 Å². The lowest BCUT2D eigenvalue weighted by Gasteiger charge is -2.17. The van der Waals surface area contributed by atoms with E-state index < -0.39 is 11.8 Å². The summed E-state index contributed by atoms with van der Waals surface area (Å²) >= 11 is 0. The number of H-pyrrole nitrogens is 1. The number of hydrogen-bond donors (Lipinski definition) is 3. The number of rotatable bonds is 7. The van der Waals surface area contributed by atoms with Crippen LogP contribution in [0.5, 0.6) is 0 Å². The summed E-state index contributed by atoms with van der Waals surface area (Å²) in [5, 5.41) is 12.9. The SMILES string of the molecule is CCN(CC)CCCNC(=O)C(=O)Nc1ccc2cn[nH]c2c1. The second-order valence-electron chi connectivity index (χ2n) is 5.26. The molecule has 0 atom stereocenters. The van der Waals surface area contributed by atoms with E-state index in [1.165, 1.54) is 0 Å². The number of carbonyl (C=O) groups is 2. The van der Waals surface area contributed by atoms with Gasteiger partial charge in [0.15, 0.2) is 0 Å². The topological polar surface area (TPSA) is 90.1 Å². The van der Waals surface area contributed by atoms with Crippen LogP contribution < -0.4 is 10.6 Å². The first-order valence-corrected chi connectivity index (χ1v) is 7.88. The van der Waals surface area contributed by atoms with Gasteiger partial charge in [-0.2, -0.15) is 5.10 Å². The zero-order valence-corrected chi connectivity index (χ0v) is 13.6. The number of carbonyl (C=O) groups excluding carboxylic acids is 2. The van der Waals surface area contributed by atoms with Crippen molar-refractivity contribution < 1.29 is 9.59 Å². The van der Waals surface area contributed by atoms with Crippen molar-refractivity contribution in [2.24, 2.45) is 0 Å². The van der Waals surface area contributed by atoms with Gasteiger partial charge in [-0.05, 0) is 44.3 Å². The van der Waals surface area contributed by atoms with Gasteiger partial charge < -0.3 is 15.5 Å². The average molecular weight is 317 g/mol. The fourth-order valence-corrected chi connectivity index (χ4v) is 2.33. The number of nitrogens with one attached hydrogen (secondary N) is 3. The normalized spacial score (nSPS) is 10.9. The summed E-state index contributed by atoms with van der Waals surface area (Å²) in [6, 6.07) is 5.31. The molecule has 0 radical (unpaired) electrons. The average Bonchev–Trinajstić information content (AvgIpc) is 3.02. The minimum absolute atomic E-state index is 0.488. The van der Waals surface area contributed by atoms with Gasteiger partial charge in [0.2, 0.25) is 0 Å². The lowest BCUT2D eigenvalue weighted by molar-refractivity contribution is -0.136. The number of hydrogen-bond acceptors (Lipinski definition) is 4. The second-order valence-corrected chi connectivity index (χ2v) is 5.26. The van der Waals surface area contributed by atoms with Crippen LogP contribution in [0.1, 0.15) is 20.3 Å². The van der Waals surface area contributed by atoms with Crippen LogP contribution in [0.25, 0.3) is 10.9 Å². The van der Waals surface area contributed by atoms with E-state index in [9.17, 15) is 9.59 Å². The first-order chi connectivity index (χ1) is 11.1. The molecule has 1 heterocycles. The molecule has 0 aliphatic carbocycles. The van der Waals surface area contributed by atoms with Crippen molar-refractivity contribution in [3.63, 3.8) is 0 Å². The Kier molecular flexibility index (Phi) is 6.10. The third kappa shape index (κ3) is 4.79. The van der Waals surface area contributed by atoms with E-state index in [1.807, 2.05) is 6.07 Å². The second kappa shape index (κ2) is 8.28. The Morgan fingerprint density at radius 3 is 2.74 bits per heavy atom. The highest BCUT2D eigenvalue weighted by atomic mass is 16.2. The van der Waals surface area contributed by atoms with Crippen LogP contribution in [0.4, 0.5) is 5.69 Å². The van der Waals surface area contributed by atoms with Crippen LogP contribution >= 0.6 is 0 Å². The van der Waals surface area contributed by atoms with Crippen LogP contribution in [0.2, 0.25) is 0 Å². The van der Waals surface area contributed by atoms with E-state index in [2.05, 4.69) is 39.6 Å².